The number of carbonyl (C=O) groups is 1. The van der Waals surface area contributed by atoms with E-state index in [0.717, 1.165) is 20.4 Å². The Morgan fingerprint density at radius 3 is 2.56 bits per heavy atom. The van der Waals surface area contributed by atoms with Crippen LogP contribution in [0.3, 0.4) is 0 Å². The van der Waals surface area contributed by atoms with Crippen LogP contribution in [0.5, 0.6) is 11.5 Å². The lowest BCUT2D eigenvalue weighted by atomic mass is 10.2. The third-order valence-electron chi connectivity index (χ3n) is 1.87. The van der Waals surface area contributed by atoms with Gasteiger partial charge in [0.25, 0.3) is 6.43 Å². The van der Waals surface area contributed by atoms with Crippen molar-refractivity contribution in [3.05, 3.63) is 17.5 Å². The van der Waals surface area contributed by atoms with Crippen molar-refractivity contribution in [1.29, 1.82) is 0 Å². The first-order chi connectivity index (χ1) is 7.52. The van der Waals surface area contributed by atoms with Crippen LogP contribution in [0.4, 0.5) is 8.78 Å². The van der Waals surface area contributed by atoms with Gasteiger partial charge in [-0.15, -0.1) is 0 Å². The van der Waals surface area contributed by atoms with E-state index in [1.54, 1.807) is 0 Å². The lowest BCUT2D eigenvalue weighted by Gasteiger charge is -2.11. The summed E-state index contributed by atoms with van der Waals surface area (Å²) in [5.74, 6) is -2.22. The number of methoxy groups -OCH3 is 2. The molecule has 0 radical (unpaired) electrons. The number of carbonyl (C=O) groups excluding carboxylic acids is 1. The zero-order valence-electron chi connectivity index (χ0n) is 8.53. The first-order valence-electron chi connectivity index (χ1n) is 4.15. The molecule has 1 aromatic heterocycles. The van der Waals surface area contributed by atoms with Gasteiger partial charge < -0.3 is 14.6 Å². The fourth-order valence-corrected chi connectivity index (χ4v) is 1.12. The van der Waals surface area contributed by atoms with Crippen LogP contribution in [0.1, 0.15) is 22.5 Å². The van der Waals surface area contributed by atoms with Crippen molar-refractivity contribution in [1.82, 2.24) is 4.98 Å². The van der Waals surface area contributed by atoms with E-state index in [1.165, 1.54) is 0 Å². The van der Waals surface area contributed by atoms with Gasteiger partial charge in [0, 0.05) is 0 Å². The number of aromatic nitrogens is 1. The van der Waals surface area contributed by atoms with Crippen molar-refractivity contribution in [3.63, 3.8) is 0 Å². The molecule has 0 saturated heterocycles. The molecule has 1 N–H and O–H groups in total. The predicted molar refractivity (Wildman–Crippen MR) is 48.8 cm³/mol. The molecule has 16 heavy (non-hydrogen) atoms. The highest BCUT2D eigenvalue weighted by atomic mass is 19.3. The van der Waals surface area contributed by atoms with Crippen LogP contribution in [-0.4, -0.2) is 30.3 Å². The summed E-state index contributed by atoms with van der Waals surface area (Å²) >= 11 is 0. The number of esters is 1. The molecule has 0 spiro atoms. The number of hydrogen-bond acceptors (Lipinski definition) is 5. The minimum absolute atomic E-state index is 0.292. The van der Waals surface area contributed by atoms with Crippen LogP contribution in [0.15, 0.2) is 6.20 Å². The average Bonchev–Trinajstić information content (AvgIpc) is 2.26. The summed E-state index contributed by atoms with van der Waals surface area (Å²) in [6.07, 6.45) is -2.06. The number of halogens is 2. The summed E-state index contributed by atoms with van der Waals surface area (Å²) in [5.41, 5.74) is -1.35. The van der Waals surface area contributed by atoms with E-state index in [-0.39, 0.29) is 5.75 Å². The standard InChI is InChI=1S/C9H9F2NO4/c1-15-4-3-12-6(9(14)16-2)7(13)5(4)8(10)11/h3,8,13H,1-2H3. The largest absolute Gasteiger partial charge is 0.505 e. The summed E-state index contributed by atoms with van der Waals surface area (Å²) in [7, 11) is 2.20. The van der Waals surface area contributed by atoms with Crippen LogP contribution in [0.25, 0.3) is 0 Å². The summed E-state index contributed by atoms with van der Waals surface area (Å²) in [4.78, 5) is 14.6. The van der Waals surface area contributed by atoms with Gasteiger partial charge in [0.1, 0.15) is 11.3 Å². The topological polar surface area (TPSA) is 68.7 Å². The summed E-state index contributed by atoms with van der Waals surface area (Å²) in [6, 6.07) is 0. The maximum atomic E-state index is 12.6. The first kappa shape index (κ1) is 12.2. The lowest BCUT2D eigenvalue weighted by Crippen LogP contribution is -2.07. The molecule has 1 heterocycles. The number of pyridine rings is 1. The van der Waals surface area contributed by atoms with Gasteiger partial charge in [-0.05, 0) is 0 Å². The summed E-state index contributed by atoms with van der Waals surface area (Å²) in [5, 5.41) is 9.45. The molecule has 7 heteroatoms. The van der Waals surface area contributed by atoms with Gasteiger partial charge in [0.15, 0.2) is 11.4 Å². The molecule has 0 fully saturated rings. The highest BCUT2D eigenvalue weighted by Gasteiger charge is 2.26. The van der Waals surface area contributed by atoms with Gasteiger partial charge in [-0.3, -0.25) is 0 Å². The molecule has 0 unspecified atom stereocenters. The molecular weight excluding hydrogens is 224 g/mol. The molecule has 0 saturated carbocycles. The number of ether oxygens (including phenoxy) is 2. The summed E-state index contributed by atoms with van der Waals surface area (Å²) < 4.78 is 34.1. The zero-order chi connectivity index (χ0) is 12.3. The van der Waals surface area contributed by atoms with Crippen molar-refractivity contribution in [2.24, 2.45) is 0 Å². The minimum atomic E-state index is -2.98. The Bertz CT molecular complexity index is 409. The van der Waals surface area contributed by atoms with Crippen LogP contribution < -0.4 is 4.74 Å². The second-order valence-electron chi connectivity index (χ2n) is 2.73. The van der Waals surface area contributed by atoms with Crippen molar-refractivity contribution in [2.45, 2.75) is 6.43 Å². The van der Waals surface area contributed by atoms with Crippen LogP contribution in [0.2, 0.25) is 0 Å². The van der Waals surface area contributed by atoms with E-state index >= 15 is 0 Å². The fraction of sp³-hybridized carbons (Fsp3) is 0.333. The van der Waals surface area contributed by atoms with E-state index < -0.39 is 29.4 Å². The van der Waals surface area contributed by atoms with Crippen molar-refractivity contribution in [3.8, 4) is 11.5 Å². The number of rotatable bonds is 3. The molecular formula is C9H9F2NO4. The molecule has 0 atom stereocenters. The third kappa shape index (κ3) is 2.02. The Labute approximate surface area is 89.6 Å². The fourth-order valence-electron chi connectivity index (χ4n) is 1.12. The zero-order valence-corrected chi connectivity index (χ0v) is 8.53. The van der Waals surface area contributed by atoms with Crippen LogP contribution >= 0.6 is 0 Å². The van der Waals surface area contributed by atoms with E-state index in [2.05, 4.69) is 14.5 Å². The molecule has 0 aliphatic rings. The molecule has 0 aliphatic carbocycles. The Morgan fingerprint density at radius 2 is 2.12 bits per heavy atom. The van der Waals surface area contributed by atoms with Gasteiger partial charge in [0.05, 0.1) is 20.4 Å². The molecule has 88 valence electrons. The Balaban J connectivity index is 3.37. The molecule has 1 rings (SSSR count). The Morgan fingerprint density at radius 1 is 1.50 bits per heavy atom. The molecule has 0 aromatic carbocycles. The molecule has 0 bridgehead atoms. The number of aromatic hydroxyl groups is 1. The maximum Gasteiger partial charge on any atom is 0.360 e. The third-order valence-corrected chi connectivity index (χ3v) is 1.87. The highest BCUT2D eigenvalue weighted by Crippen LogP contribution is 2.37. The van der Waals surface area contributed by atoms with Gasteiger partial charge in [-0.2, -0.15) is 0 Å². The van der Waals surface area contributed by atoms with Crippen molar-refractivity contribution < 1.29 is 28.2 Å². The highest BCUT2D eigenvalue weighted by molar-refractivity contribution is 5.90. The first-order valence-corrected chi connectivity index (χ1v) is 4.15. The van der Waals surface area contributed by atoms with Crippen molar-refractivity contribution in [2.75, 3.05) is 14.2 Å². The van der Waals surface area contributed by atoms with E-state index in [1.807, 2.05) is 0 Å². The second-order valence-corrected chi connectivity index (χ2v) is 2.73. The van der Waals surface area contributed by atoms with Gasteiger partial charge in [0.2, 0.25) is 0 Å². The number of hydrogen-bond donors (Lipinski definition) is 1. The van der Waals surface area contributed by atoms with Crippen LogP contribution in [0, 0.1) is 0 Å². The van der Waals surface area contributed by atoms with Gasteiger partial charge >= 0.3 is 5.97 Å². The normalized spacial score (nSPS) is 10.3. The number of nitrogens with zero attached hydrogens (tertiary/aromatic N) is 1. The average molecular weight is 233 g/mol. The van der Waals surface area contributed by atoms with Crippen molar-refractivity contribution >= 4 is 5.97 Å². The SMILES string of the molecule is COC(=O)c1ncc(OC)c(C(F)F)c1O. The monoisotopic (exact) mass is 233 g/mol. The van der Waals surface area contributed by atoms with E-state index in [0.29, 0.717) is 0 Å². The molecule has 0 aliphatic heterocycles. The predicted octanol–water partition coefficient (Wildman–Crippen LogP) is 1.52. The quantitative estimate of drug-likeness (QED) is 0.801. The lowest BCUT2D eigenvalue weighted by molar-refractivity contribution is 0.0589. The van der Waals surface area contributed by atoms with E-state index in [9.17, 15) is 18.7 Å². The molecule has 5 nitrogen and oxygen atoms in total. The maximum absolute atomic E-state index is 12.6. The number of alkyl halides is 2. The molecule has 0 amide bonds. The second kappa shape index (κ2) is 4.73. The van der Waals surface area contributed by atoms with Crippen LogP contribution in [-0.2, 0) is 4.74 Å². The minimum Gasteiger partial charge on any atom is -0.505 e. The molecule has 1 aromatic rings. The smallest absolute Gasteiger partial charge is 0.360 e. The summed E-state index contributed by atoms with van der Waals surface area (Å²) in [6.45, 7) is 0. The Kier molecular flexibility index (Phi) is 3.60. The van der Waals surface area contributed by atoms with E-state index in [4.69, 9.17) is 0 Å². The van der Waals surface area contributed by atoms with Gasteiger partial charge in [-0.1, -0.05) is 0 Å². The Hall–Kier alpha value is -1.92. The van der Waals surface area contributed by atoms with Gasteiger partial charge in [-0.25, -0.2) is 18.6 Å².